The molecule has 1 fully saturated rings. The summed E-state index contributed by atoms with van der Waals surface area (Å²) in [5.41, 5.74) is 1.39. The number of aromatic nitrogens is 3. The SMILES string of the molecule is Cc1nn(CC(=O)N2CCCCC2)c(=O)c2cc3sccc3n12. The minimum atomic E-state index is -0.204. The molecular formula is C16H18N4O2S. The minimum Gasteiger partial charge on any atom is -0.341 e. The van der Waals surface area contributed by atoms with Gasteiger partial charge in [0.2, 0.25) is 5.91 Å². The van der Waals surface area contributed by atoms with Crippen LogP contribution in [0.1, 0.15) is 25.1 Å². The Kier molecular flexibility index (Phi) is 3.45. The minimum absolute atomic E-state index is 0.0172. The smallest absolute Gasteiger partial charge is 0.291 e. The summed E-state index contributed by atoms with van der Waals surface area (Å²) in [6, 6.07) is 3.88. The molecule has 0 bridgehead atoms. The highest BCUT2D eigenvalue weighted by molar-refractivity contribution is 7.17. The van der Waals surface area contributed by atoms with Gasteiger partial charge in [-0.25, -0.2) is 4.68 Å². The Morgan fingerprint density at radius 1 is 1.26 bits per heavy atom. The molecule has 1 aliphatic heterocycles. The number of fused-ring (bicyclic) bond motifs is 3. The Bertz CT molecular complexity index is 946. The number of rotatable bonds is 2. The topological polar surface area (TPSA) is 59.6 Å². The van der Waals surface area contributed by atoms with Gasteiger partial charge in [0.1, 0.15) is 17.9 Å². The zero-order valence-corrected chi connectivity index (χ0v) is 13.8. The standard InChI is InChI=1S/C16H18N4O2S/c1-11-17-19(10-15(21)18-6-3-2-4-7-18)16(22)13-9-14-12(20(11)13)5-8-23-14/h5,8-9H,2-4,6-7,10H2,1H3. The van der Waals surface area contributed by atoms with Gasteiger partial charge < -0.3 is 4.90 Å². The molecule has 4 heterocycles. The van der Waals surface area contributed by atoms with E-state index in [9.17, 15) is 9.59 Å². The van der Waals surface area contributed by atoms with E-state index < -0.39 is 0 Å². The molecule has 4 rings (SSSR count). The van der Waals surface area contributed by atoms with Crippen LogP contribution in [-0.4, -0.2) is 38.1 Å². The van der Waals surface area contributed by atoms with E-state index in [0.717, 1.165) is 42.0 Å². The summed E-state index contributed by atoms with van der Waals surface area (Å²) in [5.74, 6) is 0.705. The van der Waals surface area contributed by atoms with Crippen molar-refractivity contribution < 1.29 is 4.79 Å². The molecule has 7 heteroatoms. The van der Waals surface area contributed by atoms with Crippen LogP contribution in [0, 0.1) is 6.92 Å². The van der Waals surface area contributed by atoms with Crippen LogP contribution in [0.15, 0.2) is 22.3 Å². The summed E-state index contributed by atoms with van der Waals surface area (Å²) >= 11 is 1.60. The van der Waals surface area contributed by atoms with E-state index in [0.29, 0.717) is 5.52 Å². The van der Waals surface area contributed by atoms with E-state index in [1.165, 1.54) is 11.1 Å². The molecule has 120 valence electrons. The maximum Gasteiger partial charge on any atom is 0.291 e. The Balaban J connectivity index is 1.74. The molecule has 0 N–H and O–H groups in total. The lowest BCUT2D eigenvalue weighted by Gasteiger charge is -2.26. The van der Waals surface area contributed by atoms with Gasteiger partial charge in [0, 0.05) is 13.1 Å². The van der Waals surface area contributed by atoms with Crippen molar-refractivity contribution in [3.05, 3.63) is 33.7 Å². The quantitative estimate of drug-likeness (QED) is 0.722. The van der Waals surface area contributed by atoms with Gasteiger partial charge in [0.25, 0.3) is 5.56 Å². The van der Waals surface area contributed by atoms with Crippen LogP contribution < -0.4 is 5.56 Å². The zero-order chi connectivity index (χ0) is 16.0. The summed E-state index contributed by atoms with van der Waals surface area (Å²) in [7, 11) is 0. The van der Waals surface area contributed by atoms with Gasteiger partial charge in [-0.1, -0.05) is 0 Å². The number of amides is 1. The van der Waals surface area contributed by atoms with Crippen molar-refractivity contribution in [3.8, 4) is 0 Å². The van der Waals surface area contributed by atoms with E-state index in [1.54, 1.807) is 11.3 Å². The van der Waals surface area contributed by atoms with Crippen molar-refractivity contribution in [1.82, 2.24) is 19.1 Å². The second kappa shape index (κ2) is 5.49. The lowest BCUT2D eigenvalue weighted by atomic mass is 10.1. The van der Waals surface area contributed by atoms with Crippen molar-refractivity contribution in [2.24, 2.45) is 0 Å². The highest BCUT2D eigenvalue weighted by atomic mass is 32.1. The van der Waals surface area contributed by atoms with Crippen molar-refractivity contribution in [2.75, 3.05) is 13.1 Å². The van der Waals surface area contributed by atoms with Crippen molar-refractivity contribution in [2.45, 2.75) is 32.7 Å². The molecule has 0 atom stereocenters. The normalized spacial score (nSPS) is 15.6. The third kappa shape index (κ3) is 2.35. The first-order valence-corrected chi connectivity index (χ1v) is 8.77. The Hall–Kier alpha value is -2.15. The van der Waals surface area contributed by atoms with E-state index >= 15 is 0 Å². The summed E-state index contributed by atoms with van der Waals surface area (Å²) in [4.78, 5) is 26.9. The van der Waals surface area contributed by atoms with E-state index in [4.69, 9.17) is 0 Å². The lowest BCUT2D eigenvalue weighted by Crippen LogP contribution is -2.40. The molecule has 1 amide bonds. The number of hydrogen-bond acceptors (Lipinski definition) is 4. The maximum absolute atomic E-state index is 12.7. The van der Waals surface area contributed by atoms with E-state index in [2.05, 4.69) is 5.10 Å². The third-order valence-corrected chi connectivity index (χ3v) is 5.31. The highest BCUT2D eigenvalue weighted by Crippen LogP contribution is 2.24. The molecule has 0 aromatic carbocycles. The van der Waals surface area contributed by atoms with Crippen LogP contribution in [0.25, 0.3) is 15.7 Å². The molecule has 3 aromatic heterocycles. The summed E-state index contributed by atoms with van der Waals surface area (Å²) < 4.78 is 4.24. The van der Waals surface area contributed by atoms with Crippen molar-refractivity contribution in [3.63, 3.8) is 0 Å². The largest absolute Gasteiger partial charge is 0.341 e. The predicted molar refractivity (Wildman–Crippen MR) is 90.0 cm³/mol. The molecule has 3 aromatic rings. The second-order valence-electron chi connectivity index (χ2n) is 5.99. The fourth-order valence-electron chi connectivity index (χ4n) is 3.31. The zero-order valence-electron chi connectivity index (χ0n) is 13.0. The van der Waals surface area contributed by atoms with Gasteiger partial charge >= 0.3 is 0 Å². The summed E-state index contributed by atoms with van der Waals surface area (Å²) in [6.07, 6.45) is 3.26. The average Bonchev–Trinajstić information content (AvgIpc) is 3.14. The average molecular weight is 330 g/mol. The highest BCUT2D eigenvalue weighted by Gasteiger charge is 2.19. The molecule has 6 nitrogen and oxygen atoms in total. The fraction of sp³-hybridized carbons (Fsp3) is 0.438. The molecular weight excluding hydrogens is 312 g/mol. The molecule has 23 heavy (non-hydrogen) atoms. The summed E-state index contributed by atoms with van der Waals surface area (Å²) in [5, 5.41) is 6.36. The van der Waals surface area contributed by atoms with Crippen LogP contribution in [0.4, 0.5) is 0 Å². The molecule has 0 radical (unpaired) electrons. The molecule has 0 saturated carbocycles. The molecule has 0 spiro atoms. The Morgan fingerprint density at radius 2 is 2.04 bits per heavy atom. The van der Waals surface area contributed by atoms with Gasteiger partial charge in [-0.15, -0.1) is 11.3 Å². The van der Waals surface area contributed by atoms with Crippen LogP contribution in [-0.2, 0) is 11.3 Å². The Labute approximate surface area is 136 Å². The molecule has 0 aliphatic carbocycles. The summed E-state index contributed by atoms with van der Waals surface area (Å²) in [6.45, 7) is 3.46. The van der Waals surface area contributed by atoms with Gasteiger partial charge in [-0.2, -0.15) is 5.10 Å². The number of piperidine rings is 1. The molecule has 0 unspecified atom stereocenters. The van der Waals surface area contributed by atoms with Crippen LogP contribution in [0.3, 0.4) is 0 Å². The first-order valence-electron chi connectivity index (χ1n) is 7.89. The molecule has 1 aliphatic rings. The number of carbonyl (C=O) groups is 1. The maximum atomic E-state index is 12.7. The van der Waals surface area contributed by atoms with Crippen LogP contribution in [0.5, 0.6) is 0 Å². The number of likely N-dealkylation sites (tertiary alicyclic amines) is 1. The van der Waals surface area contributed by atoms with Gasteiger partial charge in [0.15, 0.2) is 0 Å². The van der Waals surface area contributed by atoms with Crippen molar-refractivity contribution in [1.29, 1.82) is 0 Å². The van der Waals surface area contributed by atoms with Gasteiger partial charge in [-0.3, -0.25) is 14.0 Å². The number of nitrogens with zero attached hydrogens (tertiary/aromatic N) is 4. The number of carbonyl (C=O) groups excluding carboxylic acids is 1. The first-order chi connectivity index (χ1) is 11.1. The molecule has 1 saturated heterocycles. The monoisotopic (exact) mass is 330 g/mol. The Morgan fingerprint density at radius 3 is 2.83 bits per heavy atom. The first kappa shape index (κ1) is 14.4. The third-order valence-electron chi connectivity index (χ3n) is 4.46. The lowest BCUT2D eigenvalue weighted by molar-refractivity contribution is -0.133. The number of thiophene rings is 1. The van der Waals surface area contributed by atoms with E-state index in [1.807, 2.05) is 33.7 Å². The predicted octanol–water partition coefficient (Wildman–Crippen LogP) is 2.03. The van der Waals surface area contributed by atoms with Gasteiger partial charge in [0.05, 0.1) is 10.2 Å². The second-order valence-corrected chi connectivity index (χ2v) is 6.93. The fourth-order valence-corrected chi connectivity index (χ4v) is 4.11. The van der Waals surface area contributed by atoms with Crippen LogP contribution >= 0.6 is 11.3 Å². The number of hydrogen-bond donors (Lipinski definition) is 0. The number of aryl methyl sites for hydroxylation is 1. The van der Waals surface area contributed by atoms with Crippen molar-refractivity contribution >= 4 is 33.0 Å². The van der Waals surface area contributed by atoms with Gasteiger partial charge in [-0.05, 0) is 43.7 Å². The van der Waals surface area contributed by atoms with Crippen LogP contribution in [0.2, 0.25) is 0 Å². The van der Waals surface area contributed by atoms with E-state index in [-0.39, 0.29) is 18.0 Å².